The first-order valence-electron chi connectivity index (χ1n) is 16.4. The summed E-state index contributed by atoms with van der Waals surface area (Å²) >= 11 is 0. The van der Waals surface area contributed by atoms with E-state index in [9.17, 15) is 4.79 Å². The van der Waals surface area contributed by atoms with Crippen molar-refractivity contribution in [1.29, 1.82) is 0 Å². The predicted octanol–water partition coefficient (Wildman–Crippen LogP) is 9.51. The van der Waals surface area contributed by atoms with Gasteiger partial charge in [0.05, 0.1) is 5.56 Å². The fraction of sp³-hybridized carbons (Fsp3) is 0.703. The molecular formula is C37H56N2O2. The summed E-state index contributed by atoms with van der Waals surface area (Å²) in [5.41, 5.74) is 19.2. The number of nitrogens with two attached hydrogens (primary N) is 2. The maximum Gasteiger partial charge on any atom is 0.338 e. The molecule has 41 heavy (non-hydrogen) atoms. The van der Waals surface area contributed by atoms with Crippen LogP contribution < -0.4 is 11.5 Å². The third kappa shape index (κ3) is 4.85. The molecule has 226 valence electrons. The van der Waals surface area contributed by atoms with Crippen LogP contribution in [-0.2, 0) is 4.74 Å². The third-order valence-corrected chi connectivity index (χ3v) is 13.1. The standard InChI is InChI=1S/C37H56N2O2/c1-23(2)10-9-11-24(3)28-14-18-37(8)30-12-13-31-34(4,5)32(41-33(40)25-20-26(38)22-27(39)21-25)16-17-35(31,6)29(30)15-19-36(28,37)7/h10,20-22,24,28,31-32H,9,11-19,38-39H2,1-8H3. The van der Waals surface area contributed by atoms with E-state index in [1.54, 1.807) is 23.8 Å². The molecule has 0 aliphatic heterocycles. The molecule has 0 heterocycles. The lowest BCUT2D eigenvalue weighted by Gasteiger charge is -2.62. The Balaban J connectivity index is 1.38. The lowest BCUT2D eigenvalue weighted by atomic mass is 9.43. The van der Waals surface area contributed by atoms with Crippen molar-refractivity contribution < 1.29 is 9.53 Å². The number of benzene rings is 1. The SMILES string of the molecule is CC(C)=CCCC(C)C1CCC2(C)C3=C(CCC12C)C1(C)CCC(OC(=O)c2cc(N)cc(N)c2)C(C)(C)C1CC3. The Kier molecular flexibility index (Phi) is 7.74. The van der Waals surface area contributed by atoms with Gasteiger partial charge in [0, 0.05) is 16.8 Å². The Labute approximate surface area is 249 Å². The highest BCUT2D eigenvalue weighted by atomic mass is 16.5. The number of rotatable bonds is 6. The predicted molar refractivity (Wildman–Crippen MR) is 171 cm³/mol. The van der Waals surface area contributed by atoms with Gasteiger partial charge in [-0.15, -0.1) is 0 Å². The van der Waals surface area contributed by atoms with E-state index < -0.39 is 0 Å². The average molecular weight is 561 g/mol. The van der Waals surface area contributed by atoms with E-state index in [0.717, 1.165) is 24.7 Å². The van der Waals surface area contributed by atoms with Crippen LogP contribution in [0, 0.1) is 39.4 Å². The van der Waals surface area contributed by atoms with Crippen molar-refractivity contribution >= 4 is 17.3 Å². The molecule has 2 saturated carbocycles. The van der Waals surface area contributed by atoms with Crippen molar-refractivity contribution in [2.75, 3.05) is 11.5 Å². The molecule has 0 radical (unpaired) electrons. The fourth-order valence-corrected chi connectivity index (χ4v) is 10.7. The van der Waals surface area contributed by atoms with Gasteiger partial charge in [0.2, 0.25) is 0 Å². The highest BCUT2D eigenvalue weighted by molar-refractivity contribution is 5.91. The van der Waals surface area contributed by atoms with Gasteiger partial charge in [-0.2, -0.15) is 0 Å². The van der Waals surface area contributed by atoms with Crippen LogP contribution in [0.5, 0.6) is 0 Å². The van der Waals surface area contributed by atoms with Crippen LogP contribution in [0.15, 0.2) is 41.0 Å². The van der Waals surface area contributed by atoms with Gasteiger partial charge in [0.15, 0.2) is 0 Å². The van der Waals surface area contributed by atoms with Crippen LogP contribution in [0.4, 0.5) is 11.4 Å². The molecule has 0 saturated heterocycles. The topological polar surface area (TPSA) is 78.3 Å². The molecule has 7 unspecified atom stereocenters. The lowest BCUT2D eigenvalue weighted by Crippen LogP contribution is -2.55. The maximum absolute atomic E-state index is 13.2. The van der Waals surface area contributed by atoms with Crippen molar-refractivity contribution in [2.24, 2.45) is 39.4 Å². The summed E-state index contributed by atoms with van der Waals surface area (Å²) in [6.45, 7) is 19.5. The quantitative estimate of drug-likeness (QED) is 0.206. The first-order valence-corrected chi connectivity index (χ1v) is 16.4. The number of carbonyl (C=O) groups excluding carboxylic acids is 1. The number of ether oxygens (including phenoxy) is 1. The number of hydrogen-bond donors (Lipinski definition) is 2. The largest absolute Gasteiger partial charge is 0.458 e. The number of hydrogen-bond acceptors (Lipinski definition) is 4. The first kappa shape index (κ1) is 30.2. The summed E-state index contributed by atoms with van der Waals surface area (Å²) in [4.78, 5) is 13.2. The van der Waals surface area contributed by atoms with E-state index in [1.807, 2.05) is 5.57 Å². The second-order valence-electron chi connectivity index (χ2n) is 15.8. The molecule has 4 heteroatoms. The van der Waals surface area contributed by atoms with Crippen LogP contribution in [0.1, 0.15) is 130 Å². The highest BCUT2D eigenvalue weighted by Crippen LogP contribution is 2.72. The molecule has 4 aliphatic rings. The van der Waals surface area contributed by atoms with Crippen molar-refractivity contribution in [3.05, 3.63) is 46.6 Å². The Morgan fingerprint density at radius 1 is 0.951 bits per heavy atom. The van der Waals surface area contributed by atoms with E-state index >= 15 is 0 Å². The smallest absolute Gasteiger partial charge is 0.338 e. The van der Waals surface area contributed by atoms with Gasteiger partial charge in [-0.1, -0.05) is 64.3 Å². The number of esters is 1. The number of carbonyl (C=O) groups is 1. The molecule has 1 aromatic rings. The minimum Gasteiger partial charge on any atom is -0.458 e. The van der Waals surface area contributed by atoms with E-state index in [-0.39, 0.29) is 22.9 Å². The Bertz CT molecular complexity index is 1240. The molecule has 7 atom stereocenters. The van der Waals surface area contributed by atoms with Crippen LogP contribution in [0.25, 0.3) is 0 Å². The van der Waals surface area contributed by atoms with E-state index in [2.05, 4.69) is 61.5 Å². The summed E-state index contributed by atoms with van der Waals surface area (Å²) in [6, 6.07) is 5.02. The van der Waals surface area contributed by atoms with Gasteiger partial charge in [-0.3, -0.25) is 0 Å². The van der Waals surface area contributed by atoms with Gasteiger partial charge in [-0.05, 0) is 130 Å². The number of fused-ring (bicyclic) bond motifs is 4. The molecule has 4 aliphatic carbocycles. The Hall–Kier alpha value is -2.23. The van der Waals surface area contributed by atoms with E-state index in [0.29, 0.717) is 33.7 Å². The molecule has 2 fully saturated rings. The maximum atomic E-state index is 13.2. The van der Waals surface area contributed by atoms with Gasteiger partial charge < -0.3 is 16.2 Å². The van der Waals surface area contributed by atoms with Gasteiger partial charge in [0.1, 0.15) is 6.10 Å². The summed E-state index contributed by atoms with van der Waals surface area (Å²) in [7, 11) is 0. The summed E-state index contributed by atoms with van der Waals surface area (Å²) in [5, 5.41) is 0. The zero-order valence-electron chi connectivity index (χ0n) is 27.2. The average Bonchev–Trinajstić information content (AvgIpc) is 3.16. The van der Waals surface area contributed by atoms with Crippen LogP contribution in [0.3, 0.4) is 0 Å². The molecule has 0 bridgehead atoms. The van der Waals surface area contributed by atoms with Gasteiger partial charge in [-0.25, -0.2) is 4.79 Å². The second kappa shape index (κ2) is 10.5. The molecular weight excluding hydrogens is 504 g/mol. The second-order valence-corrected chi connectivity index (χ2v) is 15.8. The highest BCUT2D eigenvalue weighted by Gasteiger charge is 2.63. The fourth-order valence-electron chi connectivity index (χ4n) is 10.7. The van der Waals surface area contributed by atoms with Crippen molar-refractivity contribution in [2.45, 2.75) is 126 Å². The van der Waals surface area contributed by atoms with Crippen molar-refractivity contribution in [3.63, 3.8) is 0 Å². The summed E-state index contributed by atoms with van der Waals surface area (Å²) in [5.74, 6) is 1.77. The number of nitrogen functional groups attached to an aromatic ring is 2. The van der Waals surface area contributed by atoms with Crippen LogP contribution in [-0.4, -0.2) is 12.1 Å². The van der Waals surface area contributed by atoms with Crippen molar-refractivity contribution in [3.8, 4) is 0 Å². The summed E-state index contributed by atoms with van der Waals surface area (Å²) < 4.78 is 6.26. The van der Waals surface area contributed by atoms with E-state index in [4.69, 9.17) is 16.2 Å². The first-order chi connectivity index (χ1) is 19.1. The number of allylic oxidation sites excluding steroid dienone is 4. The molecule has 0 aromatic heterocycles. The molecule has 4 nitrogen and oxygen atoms in total. The molecule has 0 amide bonds. The minimum absolute atomic E-state index is 0.105. The van der Waals surface area contributed by atoms with Crippen LogP contribution >= 0.6 is 0 Å². The zero-order valence-corrected chi connectivity index (χ0v) is 27.2. The zero-order chi connectivity index (χ0) is 30.0. The Morgan fingerprint density at radius 2 is 1.63 bits per heavy atom. The molecule has 0 spiro atoms. The molecule has 5 rings (SSSR count). The van der Waals surface area contributed by atoms with Gasteiger partial charge >= 0.3 is 5.97 Å². The van der Waals surface area contributed by atoms with Crippen molar-refractivity contribution in [1.82, 2.24) is 0 Å². The molecule has 1 aromatic carbocycles. The van der Waals surface area contributed by atoms with E-state index in [1.165, 1.54) is 56.9 Å². The molecule has 4 N–H and O–H groups in total. The number of anilines is 2. The van der Waals surface area contributed by atoms with Gasteiger partial charge in [0.25, 0.3) is 0 Å². The summed E-state index contributed by atoms with van der Waals surface area (Å²) in [6.07, 6.45) is 14.5. The normalized spacial score (nSPS) is 36.5. The minimum atomic E-state index is -0.307. The third-order valence-electron chi connectivity index (χ3n) is 13.1. The monoisotopic (exact) mass is 560 g/mol. The lowest BCUT2D eigenvalue weighted by molar-refractivity contribution is -0.104. The Morgan fingerprint density at radius 3 is 2.29 bits per heavy atom. The van der Waals surface area contributed by atoms with Crippen LogP contribution in [0.2, 0.25) is 0 Å².